The zero-order valence-electron chi connectivity index (χ0n) is 7.92. The number of amides is 1. The Labute approximate surface area is 97.0 Å². The normalized spacial score (nSPS) is 9.57. The molecule has 0 heterocycles. The molecule has 1 amide bonds. The van der Waals surface area contributed by atoms with Gasteiger partial charge < -0.3 is 4.74 Å². The van der Waals surface area contributed by atoms with Crippen molar-refractivity contribution in [2.45, 2.75) is 13.3 Å². The van der Waals surface area contributed by atoms with Gasteiger partial charge in [-0.3, -0.25) is 5.32 Å². The molecule has 0 unspecified atom stereocenters. The number of carbonyl (C=O) groups is 1. The molecular formula is C10H12INO2. The fourth-order valence-electron chi connectivity index (χ4n) is 0.915. The van der Waals surface area contributed by atoms with Crippen LogP contribution in [0.15, 0.2) is 24.3 Å². The predicted molar refractivity (Wildman–Crippen MR) is 64.4 cm³/mol. The number of rotatable bonds is 3. The van der Waals surface area contributed by atoms with Crippen LogP contribution in [0.5, 0.6) is 0 Å². The maximum absolute atomic E-state index is 11.1. The lowest BCUT2D eigenvalue weighted by molar-refractivity contribution is 0.161. The van der Waals surface area contributed by atoms with Crippen LogP contribution >= 0.6 is 22.6 Å². The van der Waals surface area contributed by atoms with Gasteiger partial charge in [-0.15, -0.1) is 0 Å². The van der Waals surface area contributed by atoms with E-state index in [4.69, 9.17) is 4.74 Å². The minimum atomic E-state index is -0.395. The lowest BCUT2D eigenvalue weighted by Crippen LogP contribution is -2.13. The van der Waals surface area contributed by atoms with Crippen molar-refractivity contribution >= 4 is 34.4 Å². The first kappa shape index (κ1) is 11.3. The highest BCUT2D eigenvalue weighted by Crippen LogP contribution is 2.12. The average molecular weight is 305 g/mol. The molecule has 1 aromatic rings. The van der Waals surface area contributed by atoms with E-state index in [1.54, 1.807) is 0 Å². The first-order valence-electron chi connectivity index (χ1n) is 4.41. The first-order valence-corrected chi connectivity index (χ1v) is 5.49. The Morgan fingerprint density at radius 2 is 2.36 bits per heavy atom. The summed E-state index contributed by atoms with van der Waals surface area (Å²) in [5.41, 5.74) is 0.762. The van der Waals surface area contributed by atoms with Crippen molar-refractivity contribution in [2.75, 3.05) is 11.9 Å². The summed E-state index contributed by atoms with van der Waals surface area (Å²) in [6, 6.07) is 7.56. The molecule has 0 aromatic heterocycles. The fourth-order valence-corrected chi connectivity index (χ4v) is 1.46. The molecular weight excluding hydrogens is 293 g/mol. The van der Waals surface area contributed by atoms with Crippen molar-refractivity contribution in [2.24, 2.45) is 0 Å². The Hall–Kier alpha value is -0.780. The lowest BCUT2D eigenvalue weighted by atomic mass is 10.3. The third-order valence-electron chi connectivity index (χ3n) is 1.51. The van der Waals surface area contributed by atoms with Crippen molar-refractivity contribution < 1.29 is 9.53 Å². The van der Waals surface area contributed by atoms with E-state index in [0.29, 0.717) is 6.61 Å². The molecule has 0 bridgehead atoms. The molecule has 0 atom stereocenters. The summed E-state index contributed by atoms with van der Waals surface area (Å²) in [5.74, 6) is 0. The quantitative estimate of drug-likeness (QED) is 0.871. The molecule has 0 aliphatic heterocycles. The minimum absolute atomic E-state index is 0.395. The van der Waals surface area contributed by atoms with E-state index in [1.807, 2.05) is 31.2 Å². The molecule has 4 heteroatoms. The molecule has 0 saturated heterocycles. The van der Waals surface area contributed by atoms with Crippen LogP contribution in [0, 0.1) is 3.57 Å². The maximum atomic E-state index is 11.1. The summed E-state index contributed by atoms with van der Waals surface area (Å²) >= 11 is 2.19. The Bertz CT molecular complexity index is 315. The summed E-state index contributed by atoms with van der Waals surface area (Å²) in [5, 5.41) is 2.65. The topological polar surface area (TPSA) is 38.3 Å². The van der Waals surface area contributed by atoms with Gasteiger partial charge in [-0.05, 0) is 47.2 Å². The highest BCUT2D eigenvalue weighted by Gasteiger charge is 2.01. The molecule has 1 N–H and O–H groups in total. The lowest BCUT2D eigenvalue weighted by Gasteiger charge is -2.05. The standard InChI is InChI=1S/C10H12INO2/c1-2-6-14-10(13)12-9-5-3-4-8(11)7-9/h3-5,7H,2,6H2,1H3,(H,12,13). The summed E-state index contributed by atoms with van der Waals surface area (Å²) in [6.07, 6.45) is 0.438. The summed E-state index contributed by atoms with van der Waals surface area (Å²) in [4.78, 5) is 11.1. The van der Waals surface area contributed by atoms with Crippen LogP contribution in [0.3, 0.4) is 0 Å². The molecule has 0 saturated carbocycles. The van der Waals surface area contributed by atoms with Crippen molar-refractivity contribution in [1.82, 2.24) is 0 Å². The largest absolute Gasteiger partial charge is 0.449 e. The SMILES string of the molecule is CCCOC(=O)Nc1cccc(I)c1. The highest BCUT2D eigenvalue weighted by atomic mass is 127. The molecule has 76 valence electrons. The van der Waals surface area contributed by atoms with Gasteiger partial charge in [0.2, 0.25) is 0 Å². The second-order valence-electron chi connectivity index (χ2n) is 2.77. The third-order valence-corrected chi connectivity index (χ3v) is 2.18. The Morgan fingerprint density at radius 1 is 1.57 bits per heavy atom. The van der Waals surface area contributed by atoms with Crippen LogP contribution in [-0.4, -0.2) is 12.7 Å². The van der Waals surface area contributed by atoms with Gasteiger partial charge in [0.1, 0.15) is 0 Å². The molecule has 0 spiro atoms. The van der Waals surface area contributed by atoms with Crippen molar-refractivity contribution in [1.29, 1.82) is 0 Å². The number of anilines is 1. The molecule has 0 aliphatic rings. The summed E-state index contributed by atoms with van der Waals surface area (Å²) < 4.78 is 5.96. The molecule has 3 nitrogen and oxygen atoms in total. The van der Waals surface area contributed by atoms with Crippen LogP contribution in [-0.2, 0) is 4.74 Å². The Kier molecular flexibility index (Phi) is 4.72. The van der Waals surface area contributed by atoms with Gasteiger partial charge in [-0.1, -0.05) is 13.0 Å². The van der Waals surface area contributed by atoms with E-state index in [9.17, 15) is 4.79 Å². The zero-order valence-corrected chi connectivity index (χ0v) is 10.1. The van der Waals surface area contributed by atoms with Crippen molar-refractivity contribution in [3.05, 3.63) is 27.8 Å². The zero-order chi connectivity index (χ0) is 10.4. The third kappa shape index (κ3) is 3.95. The van der Waals surface area contributed by atoms with Crippen LogP contribution in [0.4, 0.5) is 10.5 Å². The van der Waals surface area contributed by atoms with Gasteiger partial charge in [0, 0.05) is 9.26 Å². The van der Waals surface area contributed by atoms with Gasteiger partial charge in [0.25, 0.3) is 0 Å². The second-order valence-corrected chi connectivity index (χ2v) is 4.02. The van der Waals surface area contributed by atoms with Crippen LogP contribution in [0.2, 0.25) is 0 Å². The second kappa shape index (κ2) is 5.85. The molecule has 1 rings (SSSR count). The number of hydrogen-bond donors (Lipinski definition) is 1. The molecule has 0 aliphatic carbocycles. The van der Waals surface area contributed by atoms with E-state index in [0.717, 1.165) is 15.7 Å². The first-order chi connectivity index (χ1) is 6.72. The number of carbonyl (C=O) groups excluding carboxylic acids is 1. The number of nitrogens with one attached hydrogen (secondary N) is 1. The average Bonchev–Trinajstić information content (AvgIpc) is 2.15. The van der Waals surface area contributed by atoms with Crippen LogP contribution in [0.1, 0.15) is 13.3 Å². The number of hydrogen-bond acceptors (Lipinski definition) is 2. The van der Waals surface area contributed by atoms with Crippen LogP contribution in [0.25, 0.3) is 0 Å². The summed E-state index contributed by atoms with van der Waals surface area (Å²) in [7, 11) is 0. The maximum Gasteiger partial charge on any atom is 0.411 e. The van der Waals surface area contributed by atoms with Gasteiger partial charge in [-0.2, -0.15) is 0 Å². The van der Waals surface area contributed by atoms with E-state index in [1.165, 1.54) is 0 Å². The van der Waals surface area contributed by atoms with Gasteiger partial charge in [0.05, 0.1) is 6.61 Å². The Morgan fingerprint density at radius 3 is 3.00 bits per heavy atom. The Balaban J connectivity index is 2.47. The number of ether oxygens (including phenoxy) is 1. The smallest absolute Gasteiger partial charge is 0.411 e. The van der Waals surface area contributed by atoms with Gasteiger partial charge in [0.15, 0.2) is 0 Å². The molecule has 0 radical (unpaired) electrons. The number of halogens is 1. The van der Waals surface area contributed by atoms with E-state index in [2.05, 4.69) is 27.9 Å². The monoisotopic (exact) mass is 305 g/mol. The van der Waals surface area contributed by atoms with E-state index in [-0.39, 0.29) is 0 Å². The number of benzene rings is 1. The van der Waals surface area contributed by atoms with Crippen molar-refractivity contribution in [3.63, 3.8) is 0 Å². The fraction of sp³-hybridized carbons (Fsp3) is 0.300. The summed E-state index contributed by atoms with van der Waals surface area (Å²) in [6.45, 7) is 2.41. The highest BCUT2D eigenvalue weighted by molar-refractivity contribution is 14.1. The molecule has 1 aromatic carbocycles. The van der Waals surface area contributed by atoms with Gasteiger partial charge in [-0.25, -0.2) is 4.79 Å². The van der Waals surface area contributed by atoms with E-state index >= 15 is 0 Å². The van der Waals surface area contributed by atoms with Crippen LogP contribution < -0.4 is 5.32 Å². The minimum Gasteiger partial charge on any atom is -0.449 e. The predicted octanol–water partition coefficient (Wildman–Crippen LogP) is 3.25. The van der Waals surface area contributed by atoms with Crippen molar-refractivity contribution in [3.8, 4) is 0 Å². The van der Waals surface area contributed by atoms with Gasteiger partial charge >= 0.3 is 6.09 Å². The van der Waals surface area contributed by atoms with E-state index < -0.39 is 6.09 Å². The molecule has 0 fully saturated rings. The molecule has 14 heavy (non-hydrogen) atoms.